The molecular weight excluding hydrogens is 431 g/mol. The summed E-state index contributed by atoms with van der Waals surface area (Å²) in [6.07, 6.45) is 3.36. The van der Waals surface area contributed by atoms with E-state index in [0.717, 1.165) is 71.4 Å². The zero-order chi connectivity index (χ0) is 21.2. The summed E-state index contributed by atoms with van der Waals surface area (Å²) in [4.78, 5) is 20.5. The third-order valence-electron chi connectivity index (χ3n) is 5.70. The molecule has 6 nitrogen and oxygen atoms in total. The molecule has 1 fully saturated rings. The van der Waals surface area contributed by atoms with Gasteiger partial charge < -0.3 is 9.80 Å². The van der Waals surface area contributed by atoms with E-state index < -0.39 is 0 Å². The number of para-hydroxylation sites is 2. The molecule has 0 spiro atoms. The Morgan fingerprint density at radius 2 is 1.77 bits per heavy atom. The zero-order valence-electron chi connectivity index (χ0n) is 17.0. The molecule has 1 saturated heterocycles. The summed E-state index contributed by atoms with van der Waals surface area (Å²) >= 11 is 12.5. The predicted molar refractivity (Wildman–Crippen MR) is 126 cm³/mol. The van der Waals surface area contributed by atoms with Gasteiger partial charge in [-0.1, -0.05) is 35.3 Å². The number of nitrogens with zero attached hydrogens (tertiary/aromatic N) is 6. The summed E-state index contributed by atoms with van der Waals surface area (Å²) in [6.45, 7) is 5.20. The minimum Gasteiger partial charge on any atom is -0.356 e. The Kier molecular flexibility index (Phi) is 5.76. The third-order valence-corrected chi connectivity index (χ3v) is 6.31. The Bertz CT molecular complexity index is 1100. The predicted octanol–water partition coefficient (Wildman–Crippen LogP) is 4.78. The second-order valence-electron chi connectivity index (χ2n) is 7.67. The number of anilines is 2. The van der Waals surface area contributed by atoms with Crippen LogP contribution in [0.2, 0.25) is 10.0 Å². The van der Waals surface area contributed by atoms with Crippen molar-refractivity contribution in [3.05, 3.63) is 76.7 Å². The van der Waals surface area contributed by atoms with E-state index in [1.54, 1.807) is 12.5 Å². The van der Waals surface area contributed by atoms with Crippen molar-refractivity contribution in [1.82, 2.24) is 19.8 Å². The monoisotopic (exact) mass is 452 g/mol. The summed E-state index contributed by atoms with van der Waals surface area (Å²) in [5.41, 5.74) is 3.11. The highest BCUT2D eigenvalue weighted by Crippen LogP contribution is 2.36. The van der Waals surface area contributed by atoms with Gasteiger partial charge >= 0.3 is 0 Å². The minimum atomic E-state index is 0.689. The van der Waals surface area contributed by atoms with Crippen molar-refractivity contribution in [2.24, 2.45) is 4.99 Å². The van der Waals surface area contributed by atoms with E-state index in [2.05, 4.69) is 36.8 Å². The number of aromatic nitrogens is 2. The molecule has 0 saturated carbocycles. The molecule has 1 aromatic heterocycles. The number of rotatable bonds is 3. The van der Waals surface area contributed by atoms with Crippen LogP contribution in [0.5, 0.6) is 0 Å². The summed E-state index contributed by atoms with van der Waals surface area (Å²) in [5, 5.41) is 1.48. The Morgan fingerprint density at radius 3 is 2.58 bits per heavy atom. The number of amidine groups is 1. The first-order valence-electron chi connectivity index (χ1n) is 10.3. The van der Waals surface area contributed by atoms with Gasteiger partial charge in [-0.2, -0.15) is 0 Å². The van der Waals surface area contributed by atoms with Gasteiger partial charge in [0.25, 0.3) is 0 Å². The fourth-order valence-corrected chi connectivity index (χ4v) is 4.45. The number of benzene rings is 2. The van der Waals surface area contributed by atoms with Gasteiger partial charge in [0.1, 0.15) is 18.0 Å². The first-order chi connectivity index (χ1) is 15.2. The molecule has 0 amide bonds. The maximum atomic E-state index is 6.36. The lowest BCUT2D eigenvalue weighted by atomic mass is 10.1. The van der Waals surface area contributed by atoms with Gasteiger partial charge in [-0.25, -0.2) is 15.0 Å². The second kappa shape index (κ2) is 8.83. The van der Waals surface area contributed by atoms with Crippen molar-refractivity contribution < 1.29 is 0 Å². The lowest BCUT2D eigenvalue weighted by Gasteiger charge is -2.39. The van der Waals surface area contributed by atoms with E-state index in [0.29, 0.717) is 6.54 Å². The summed E-state index contributed by atoms with van der Waals surface area (Å²) in [5.74, 6) is 1.95. The van der Waals surface area contributed by atoms with Gasteiger partial charge in [0.2, 0.25) is 0 Å². The van der Waals surface area contributed by atoms with Crippen molar-refractivity contribution in [2.45, 2.75) is 6.54 Å². The second-order valence-corrected chi connectivity index (χ2v) is 8.51. The fraction of sp³-hybridized carbons (Fsp3) is 0.261. The number of hydrogen-bond donors (Lipinski definition) is 0. The number of halogens is 2. The van der Waals surface area contributed by atoms with Gasteiger partial charge in [0, 0.05) is 49.0 Å². The number of aliphatic imine (C=N–C) groups is 1. The smallest absolute Gasteiger partial charge is 0.136 e. The molecule has 0 N–H and O–H groups in total. The third kappa shape index (κ3) is 4.37. The maximum Gasteiger partial charge on any atom is 0.136 e. The van der Waals surface area contributed by atoms with Crippen molar-refractivity contribution >= 4 is 46.2 Å². The molecule has 5 rings (SSSR count). The van der Waals surface area contributed by atoms with Crippen LogP contribution in [0.25, 0.3) is 0 Å². The van der Waals surface area contributed by atoms with E-state index in [-0.39, 0.29) is 0 Å². The summed E-state index contributed by atoms with van der Waals surface area (Å²) in [6, 6.07) is 15.8. The lowest BCUT2D eigenvalue weighted by Crippen LogP contribution is -2.51. The van der Waals surface area contributed by atoms with Crippen LogP contribution in [0, 0.1) is 0 Å². The van der Waals surface area contributed by atoms with Gasteiger partial charge in [-0.05, 0) is 42.0 Å². The standard InChI is InChI=1S/C23H22Cl2N6/c24-18-5-6-19(25)17(13-18)14-29-9-11-30(12-10-29)23-15-31(22-7-8-26-16-27-22)21-4-2-1-3-20(21)28-23/h1-8,13,16H,9-12,14-15H2. The molecule has 0 aliphatic carbocycles. The topological polar surface area (TPSA) is 47.9 Å². The van der Waals surface area contributed by atoms with E-state index in [1.807, 2.05) is 36.4 Å². The van der Waals surface area contributed by atoms with E-state index in [4.69, 9.17) is 28.2 Å². The minimum absolute atomic E-state index is 0.689. The highest BCUT2D eigenvalue weighted by Gasteiger charge is 2.27. The molecule has 158 valence electrons. The average molecular weight is 453 g/mol. The van der Waals surface area contributed by atoms with Crippen LogP contribution in [-0.4, -0.2) is 58.3 Å². The van der Waals surface area contributed by atoms with Crippen LogP contribution >= 0.6 is 23.2 Å². The Morgan fingerprint density at radius 1 is 0.935 bits per heavy atom. The normalized spacial score (nSPS) is 16.8. The van der Waals surface area contributed by atoms with Crippen LogP contribution in [0.1, 0.15) is 5.56 Å². The Balaban J connectivity index is 1.31. The molecule has 3 heterocycles. The van der Waals surface area contributed by atoms with Crippen molar-refractivity contribution in [2.75, 3.05) is 37.6 Å². The molecule has 0 radical (unpaired) electrons. The van der Waals surface area contributed by atoms with Crippen molar-refractivity contribution in [1.29, 1.82) is 0 Å². The molecule has 0 atom stereocenters. The molecule has 0 unspecified atom stereocenters. The first-order valence-corrected chi connectivity index (χ1v) is 11.0. The molecule has 2 aliphatic rings. The van der Waals surface area contributed by atoms with Crippen LogP contribution in [0.15, 0.2) is 66.0 Å². The Labute approximate surface area is 191 Å². The van der Waals surface area contributed by atoms with Crippen LogP contribution in [0.4, 0.5) is 17.2 Å². The quantitative estimate of drug-likeness (QED) is 0.571. The van der Waals surface area contributed by atoms with Gasteiger partial charge in [0.15, 0.2) is 0 Å². The number of piperazine rings is 1. The molecule has 31 heavy (non-hydrogen) atoms. The van der Waals surface area contributed by atoms with Crippen LogP contribution in [-0.2, 0) is 6.54 Å². The largest absolute Gasteiger partial charge is 0.356 e. The molecule has 8 heteroatoms. The SMILES string of the molecule is Clc1ccc(Cl)c(CN2CCN(C3=Nc4ccccc4N(c4ccncn4)C3)CC2)c1. The fourth-order valence-electron chi connectivity index (χ4n) is 4.08. The molecule has 2 aliphatic heterocycles. The van der Waals surface area contributed by atoms with Gasteiger partial charge in [-0.15, -0.1) is 0 Å². The van der Waals surface area contributed by atoms with Gasteiger partial charge in [0.05, 0.1) is 17.9 Å². The number of fused-ring (bicyclic) bond motifs is 1. The molecule has 3 aromatic rings. The average Bonchev–Trinajstić information content (AvgIpc) is 2.82. The molecular formula is C23H22Cl2N6. The highest BCUT2D eigenvalue weighted by atomic mass is 35.5. The van der Waals surface area contributed by atoms with Crippen molar-refractivity contribution in [3.8, 4) is 0 Å². The van der Waals surface area contributed by atoms with E-state index in [9.17, 15) is 0 Å². The molecule has 0 bridgehead atoms. The molecule has 2 aromatic carbocycles. The summed E-state index contributed by atoms with van der Waals surface area (Å²) < 4.78 is 0. The van der Waals surface area contributed by atoms with E-state index >= 15 is 0 Å². The van der Waals surface area contributed by atoms with Crippen LogP contribution < -0.4 is 4.90 Å². The van der Waals surface area contributed by atoms with Crippen LogP contribution in [0.3, 0.4) is 0 Å². The van der Waals surface area contributed by atoms with Crippen molar-refractivity contribution in [3.63, 3.8) is 0 Å². The van der Waals surface area contributed by atoms with Gasteiger partial charge in [-0.3, -0.25) is 4.90 Å². The summed E-state index contributed by atoms with van der Waals surface area (Å²) in [7, 11) is 0. The first kappa shape index (κ1) is 20.2. The van der Waals surface area contributed by atoms with E-state index in [1.165, 1.54) is 0 Å². The number of hydrogen-bond acceptors (Lipinski definition) is 6. The maximum absolute atomic E-state index is 6.36. The lowest BCUT2D eigenvalue weighted by molar-refractivity contribution is 0.174. The Hall–Kier alpha value is -2.67. The zero-order valence-corrected chi connectivity index (χ0v) is 18.5. The highest BCUT2D eigenvalue weighted by molar-refractivity contribution is 6.33.